The Morgan fingerprint density at radius 2 is 2.28 bits per heavy atom. The van der Waals surface area contributed by atoms with E-state index in [0.717, 1.165) is 63.7 Å². The molecule has 29 heavy (non-hydrogen) atoms. The van der Waals surface area contributed by atoms with Gasteiger partial charge in [-0.3, -0.25) is 4.99 Å². The molecule has 0 spiro atoms. The quantitative estimate of drug-likeness (QED) is 0.228. The molecule has 2 unspecified atom stereocenters. The van der Waals surface area contributed by atoms with Crippen molar-refractivity contribution < 1.29 is 4.74 Å². The number of hydrogen-bond acceptors (Lipinski definition) is 4. The lowest BCUT2D eigenvalue weighted by molar-refractivity contribution is 0.0890. The minimum absolute atomic E-state index is 0. The van der Waals surface area contributed by atoms with Crippen LogP contribution in [-0.2, 0) is 17.7 Å². The van der Waals surface area contributed by atoms with Crippen molar-refractivity contribution in [3.63, 3.8) is 0 Å². The van der Waals surface area contributed by atoms with E-state index in [2.05, 4.69) is 45.3 Å². The number of allylic oxidation sites excluding steroid dienone is 1. The van der Waals surface area contributed by atoms with Crippen molar-refractivity contribution in [1.29, 1.82) is 0 Å². The highest BCUT2D eigenvalue weighted by Crippen LogP contribution is 2.20. The number of hydrogen-bond donors (Lipinski definition) is 2. The monoisotopic (exact) mass is 516 g/mol. The van der Waals surface area contributed by atoms with Crippen molar-refractivity contribution in [2.24, 2.45) is 4.99 Å². The third kappa shape index (κ3) is 7.88. The molecule has 1 aliphatic heterocycles. The topological polar surface area (TPSA) is 76.4 Å². The summed E-state index contributed by atoms with van der Waals surface area (Å²) in [5.74, 6) is 1.90. The van der Waals surface area contributed by atoms with E-state index in [1.807, 2.05) is 0 Å². The van der Waals surface area contributed by atoms with Gasteiger partial charge in [0, 0.05) is 32.7 Å². The van der Waals surface area contributed by atoms with E-state index in [9.17, 15) is 0 Å². The Kier molecular flexibility index (Phi) is 11.0. The van der Waals surface area contributed by atoms with E-state index in [4.69, 9.17) is 9.73 Å². The first-order valence-electron chi connectivity index (χ1n) is 11.0. The average molecular weight is 516 g/mol. The fourth-order valence-corrected chi connectivity index (χ4v) is 3.94. The number of aromatic nitrogens is 3. The predicted molar refractivity (Wildman–Crippen MR) is 128 cm³/mol. The lowest BCUT2D eigenvalue weighted by Crippen LogP contribution is -2.47. The molecule has 164 valence electrons. The molecule has 2 aliphatic rings. The molecule has 1 saturated heterocycles. The highest BCUT2D eigenvalue weighted by atomic mass is 127. The lowest BCUT2D eigenvalue weighted by Gasteiger charge is -2.23. The van der Waals surface area contributed by atoms with Gasteiger partial charge in [0.1, 0.15) is 12.2 Å². The normalized spacial score (nSPS) is 20.7. The second kappa shape index (κ2) is 13.2. The summed E-state index contributed by atoms with van der Waals surface area (Å²) < 4.78 is 7.93. The number of guanidine groups is 1. The van der Waals surface area contributed by atoms with Crippen LogP contribution < -0.4 is 10.6 Å². The maximum atomic E-state index is 5.83. The van der Waals surface area contributed by atoms with Gasteiger partial charge >= 0.3 is 0 Å². The van der Waals surface area contributed by atoms with Gasteiger partial charge in [-0.15, -0.1) is 34.2 Å². The molecule has 0 aromatic carbocycles. The molecule has 7 nitrogen and oxygen atoms in total. The number of ether oxygens (including phenoxy) is 1. The molecule has 0 saturated carbocycles. The number of aryl methyl sites for hydroxylation is 1. The Balaban J connectivity index is 0.00000300. The molecule has 0 bridgehead atoms. The first-order chi connectivity index (χ1) is 13.8. The summed E-state index contributed by atoms with van der Waals surface area (Å²) in [6.07, 6.45) is 13.9. The van der Waals surface area contributed by atoms with Gasteiger partial charge in [0.05, 0.1) is 12.1 Å². The zero-order valence-electron chi connectivity index (χ0n) is 17.9. The van der Waals surface area contributed by atoms with Crippen LogP contribution in [0.5, 0.6) is 0 Å². The molecule has 2 heterocycles. The number of rotatable bonds is 9. The van der Waals surface area contributed by atoms with E-state index in [-0.39, 0.29) is 36.1 Å². The van der Waals surface area contributed by atoms with Crippen LogP contribution >= 0.6 is 24.0 Å². The van der Waals surface area contributed by atoms with E-state index in [1.54, 1.807) is 11.9 Å². The van der Waals surface area contributed by atoms with Crippen molar-refractivity contribution in [2.45, 2.75) is 83.9 Å². The van der Waals surface area contributed by atoms with Gasteiger partial charge in [-0.1, -0.05) is 18.6 Å². The van der Waals surface area contributed by atoms with Crippen LogP contribution in [0.4, 0.5) is 0 Å². The molecular formula is C21H37IN6O. The molecule has 8 heteroatoms. The number of aliphatic imine (C=N–C) groups is 1. The molecule has 1 aromatic heterocycles. The first-order valence-corrected chi connectivity index (χ1v) is 11.0. The van der Waals surface area contributed by atoms with Crippen molar-refractivity contribution in [1.82, 2.24) is 25.4 Å². The van der Waals surface area contributed by atoms with Crippen LogP contribution in [-0.4, -0.2) is 52.6 Å². The highest BCUT2D eigenvalue weighted by Gasteiger charge is 2.23. The minimum atomic E-state index is 0. The van der Waals surface area contributed by atoms with Crippen molar-refractivity contribution in [2.75, 3.05) is 19.7 Å². The maximum absolute atomic E-state index is 5.83. The Morgan fingerprint density at radius 3 is 3.00 bits per heavy atom. The van der Waals surface area contributed by atoms with Crippen LogP contribution in [0.2, 0.25) is 0 Å². The summed E-state index contributed by atoms with van der Waals surface area (Å²) in [7, 11) is 0. The second-order valence-corrected chi connectivity index (χ2v) is 7.79. The van der Waals surface area contributed by atoms with Gasteiger partial charge in [-0.05, 0) is 51.9 Å². The molecule has 3 rings (SSSR count). The fraction of sp³-hybridized carbons (Fsp3) is 0.762. The molecule has 2 N–H and O–H groups in total. The highest BCUT2D eigenvalue weighted by molar-refractivity contribution is 14.0. The molecule has 1 aliphatic carbocycles. The van der Waals surface area contributed by atoms with Crippen LogP contribution in [0, 0.1) is 0 Å². The standard InChI is InChI=1S/C21H36N6O.HI/c1-3-20-26-24-16-27(20)14-13-23-21(25-17(2)19-10-7-15-28-19)22-12-11-18-8-5-4-6-9-18;/h8,16-17,19H,3-7,9-15H2,1-2H3,(H2,22,23,25);1H. The average Bonchev–Trinajstić information content (AvgIpc) is 3.40. The fourth-order valence-electron chi connectivity index (χ4n) is 3.94. The third-order valence-electron chi connectivity index (χ3n) is 5.63. The third-order valence-corrected chi connectivity index (χ3v) is 5.63. The molecule has 1 aromatic rings. The van der Waals surface area contributed by atoms with Gasteiger partial charge < -0.3 is 19.9 Å². The predicted octanol–water partition coefficient (Wildman–Crippen LogP) is 3.45. The number of halogens is 1. The zero-order valence-corrected chi connectivity index (χ0v) is 20.2. The molecule has 1 fully saturated rings. The summed E-state index contributed by atoms with van der Waals surface area (Å²) in [4.78, 5) is 4.85. The summed E-state index contributed by atoms with van der Waals surface area (Å²) in [5, 5.41) is 15.2. The molecule has 0 radical (unpaired) electrons. The zero-order chi connectivity index (χ0) is 19.6. The second-order valence-electron chi connectivity index (χ2n) is 7.79. The van der Waals surface area contributed by atoms with Gasteiger partial charge in [0.25, 0.3) is 0 Å². The summed E-state index contributed by atoms with van der Waals surface area (Å²) in [6.45, 7) is 7.61. The van der Waals surface area contributed by atoms with E-state index >= 15 is 0 Å². The van der Waals surface area contributed by atoms with Crippen molar-refractivity contribution in [3.8, 4) is 0 Å². The minimum Gasteiger partial charge on any atom is -0.376 e. The lowest BCUT2D eigenvalue weighted by atomic mass is 9.97. The molecule has 2 atom stereocenters. The van der Waals surface area contributed by atoms with E-state index in [1.165, 1.54) is 25.7 Å². The van der Waals surface area contributed by atoms with Crippen molar-refractivity contribution in [3.05, 3.63) is 23.8 Å². The summed E-state index contributed by atoms with van der Waals surface area (Å²) in [6, 6.07) is 0.253. The first kappa shape index (κ1) is 24.1. The largest absolute Gasteiger partial charge is 0.376 e. The summed E-state index contributed by atoms with van der Waals surface area (Å²) in [5.41, 5.74) is 1.57. The van der Waals surface area contributed by atoms with E-state index < -0.39 is 0 Å². The van der Waals surface area contributed by atoms with Crippen LogP contribution in [0.1, 0.15) is 64.6 Å². The molecule has 0 amide bonds. The van der Waals surface area contributed by atoms with Gasteiger partial charge in [0.2, 0.25) is 0 Å². The van der Waals surface area contributed by atoms with Gasteiger partial charge in [-0.25, -0.2) is 0 Å². The maximum Gasteiger partial charge on any atom is 0.191 e. The van der Waals surface area contributed by atoms with Crippen LogP contribution in [0.15, 0.2) is 23.0 Å². The van der Waals surface area contributed by atoms with E-state index in [0.29, 0.717) is 0 Å². The van der Waals surface area contributed by atoms with Crippen LogP contribution in [0.3, 0.4) is 0 Å². The Labute approximate surface area is 192 Å². The van der Waals surface area contributed by atoms with Gasteiger partial charge in [0.15, 0.2) is 5.96 Å². The van der Waals surface area contributed by atoms with Crippen LogP contribution in [0.25, 0.3) is 0 Å². The molecular weight excluding hydrogens is 479 g/mol. The smallest absolute Gasteiger partial charge is 0.191 e. The Bertz CT molecular complexity index is 653. The SMILES string of the molecule is CCc1nncn1CCNC(=NCCC1=CCCCC1)NC(C)C1CCCO1.I. The van der Waals surface area contributed by atoms with Gasteiger partial charge in [-0.2, -0.15) is 0 Å². The number of nitrogens with one attached hydrogen (secondary N) is 2. The van der Waals surface area contributed by atoms with Crippen molar-refractivity contribution >= 4 is 29.9 Å². The number of nitrogens with zero attached hydrogens (tertiary/aromatic N) is 4. The summed E-state index contributed by atoms with van der Waals surface area (Å²) >= 11 is 0. The Hall–Kier alpha value is -1.16. The Morgan fingerprint density at radius 1 is 1.38 bits per heavy atom.